The van der Waals surface area contributed by atoms with E-state index >= 15 is 0 Å². The van der Waals surface area contributed by atoms with Gasteiger partial charge in [-0.3, -0.25) is 4.79 Å². The summed E-state index contributed by atoms with van der Waals surface area (Å²) in [6.45, 7) is 1.88. The largest absolute Gasteiger partial charge is 0.306 e. The summed E-state index contributed by atoms with van der Waals surface area (Å²) < 4.78 is 1.01. The molecule has 0 atom stereocenters. The quantitative estimate of drug-likeness (QED) is 0.743. The van der Waals surface area contributed by atoms with Gasteiger partial charge in [0.2, 0.25) is 0 Å². The number of amides is 1. The molecule has 0 saturated carbocycles. The molecule has 0 spiro atoms. The smallest absolute Gasteiger partial charge is 0.258 e. The van der Waals surface area contributed by atoms with Crippen molar-refractivity contribution in [2.75, 3.05) is 5.32 Å². The highest BCUT2D eigenvalue weighted by molar-refractivity contribution is 14.1. The van der Waals surface area contributed by atoms with Gasteiger partial charge in [0.25, 0.3) is 5.91 Å². The number of rotatable bonds is 2. The van der Waals surface area contributed by atoms with Gasteiger partial charge < -0.3 is 5.32 Å². The molecule has 0 fully saturated rings. The summed E-state index contributed by atoms with van der Waals surface area (Å²) in [7, 11) is 0. The molecule has 19 heavy (non-hydrogen) atoms. The van der Waals surface area contributed by atoms with E-state index in [-0.39, 0.29) is 10.9 Å². The van der Waals surface area contributed by atoms with Crippen LogP contribution in [0.5, 0.6) is 0 Å². The predicted molar refractivity (Wildman–Crippen MR) is 86.1 cm³/mol. The molecular weight excluding hydrogens is 398 g/mol. The van der Waals surface area contributed by atoms with E-state index in [4.69, 9.17) is 23.2 Å². The van der Waals surface area contributed by atoms with Crippen LogP contribution in [0.15, 0.2) is 30.5 Å². The molecular formula is C13H9Cl2IN2O. The first-order valence-electron chi connectivity index (χ1n) is 5.36. The first kappa shape index (κ1) is 14.6. The van der Waals surface area contributed by atoms with Gasteiger partial charge in [-0.1, -0.05) is 29.3 Å². The van der Waals surface area contributed by atoms with E-state index < -0.39 is 0 Å². The van der Waals surface area contributed by atoms with E-state index in [1.165, 1.54) is 0 Å². The van der Waals surface area contributed by atoms with E-state index in [0.29, 0.717) is 16.4 Å². The molecule has 98 valence electrons. The number of aromatic nitrogens is 1. The summed E-state index contributed by atoms with van der Waals surface area (Å²) in [5.41, 5.74) is 1.22. The molecule has 2 aromatic rings. The van der Waals surface area contributed by atoms with Gasteiger partial charge in [-0.25, -0.2) is 4.98 Å². The Balaban J connectivity index is 2.28. The van der Waals surface area contributed by atoms with E-state index in [1.54, 1.807) is 24.4 Å². The lowest BCUT2D eigenvalue weighted by molar-refractivity contribution is 0.102. The number of nitrogens with one attached hydrogen (secondary N) is 1. The Morgan fingerprint density at radius 2 is 2.11 bits per heavy atom. The van der Waals surface area contributed by atoms with Crippen molar-refractivity contribution in [3.05, 3.63) is 55.2 Å². The number of pyridine rings is 1. The molecule has 2 rings (SSSR count). The molecule has 0 bridgehead atoms. The fourth-order valence-electron chi connectivity index (χ4n) is 1.53. The minimum Gasteiger partial charge on any atom is -0.306 e. The van der Waals surface area contributed by atoms with Gasteiger partial charge in [0.15, 0.2) is 0 Å². The zero-order valence-electron chi connectivity index (χ0n) is 9.88. The number of halogens is 3. The SMILES string of the molecule is Cc1cc(I)cnc1NC(=O)c1cccc(Cl)c1Cl. The van der Waals surface area contributed by atoms with Crippen LogP contribution >= 0.6 is 45.8 Å². The van der Waals surface area contributed by atoms with Crippen LogP contribution in [0.1, 0.15) is 15.9 Å². The summed E-state index contributed by atoms with van der Waals surface area (Å²) in [6, 6.07) is 6.86. The fraction of sp³-hybridized carbons (Fsp3) is 0.0769. The van der Waals surface area contributed by atoms with Crippen molar-refractivity contribution in [3.8, 4) is 0 Å². The maximum atomic E-state index is 12.1. The molecule has 0 aliphatic rings. The maximum Gasteiger partial charge on any atom is 0.258 e. The molecule has 0 aliphatic heterocycles. The van der Waals surface area contributed by atoms with Crippen LogP contribution in [0.3, 0.4) is 0 Å². The fourth-order valence-corrected chi connectivity index (χ4v) is 2.52. The highest BCUT2D eigenvalue weighted by Gasteiger charge is 2.14. The predicted octanol–water partition coefficient (Wildman–Crippen LogP) is 4.55. The van der Waals surface area contributed by atoms with Gasteiger partial charge in [-0.05, 0) is 53.3 Å². The Morgan fingerprint density at radius 3 is 2.79 bits per heavy atom. The second-order valence-electron chi connectivity index (χ2n) is 3.87. The van der Waals surface area contributed by atoms with Crippen LogP contribution in [-0.4, -0.2) is 10.9 Å². The standard InChI is InChI=1S/C13H9Cl2IN2O/c1-7-5-8(16)6-17-12(7)18-13(19)9-3-2-4-10(14)11(9)15/h2-6H,1H3,(H,17,18,19). The van der Waals surface area contributed by atoms with Crippen molar-refractivity contribution >= 4 is 57.5 Å². The molecule has 1 aromatic heterocycles. The molecule has 0 radical (unpaired) electrons. The van der Waals surface area contributed by atoms with Gasteiger partial charge in [0.1, 0.15) is 5.82 Å². The number of nitrogens with zero attached hydrogens (tertiary/aromatic N) is 1. The molecule has 0 unspecified atom stereocenters. The van der Waals surface area contributed by atoms with Crippen molar-refractivity contribution < 1.29 is 4.79 Å². The van der Waals surface area contributed by atoms with Crippen molar-refractivity contribution in [3.63, 3.8) is 0 Å². The van der Waals surface area contributed by atoms with Gasteiger partial charge in [0.05, 0.1) is 15.6 Å². The highest BCUT2D eigenvalue weighted by Crippen LogP contribution is 2.26. The van der Waals surface area contributed by atoms with E-state index in [9.17, 15) is 4.79 Å². The number of carbonyl (C=O) groups excluding carboxylic acids is 1. The van der Waals surface area contributed by atoms with Crippen LogP contribution in [0.4, 0.5) is 5.82 Å². The van der Waals surface area contributed by atoms with Crippen molar-refractivity contribution in [2.45, 2.75) is 6.92 Å². The minimum absolute atomic E-state index is 0.241. The number of hydrogen-bond acceptors (Lipinski definition) is 2. The Hall–Kier alpha value is -0.850. The third kappa shape index (κ3) is 3.38. The Morgan fingerprint density at radius 1 is 1.37 bits per heavy atom. The van der Waals surface area contributed by atoms with E-state index in [0.717, 1.165) is 9.13 Å². The molecule has 0 aliphatic carbocycles. The van der Waals surface area contributed by atoms with Crippen molar-refractivity contribution in [2.24, 2.45) is 0 Å². The first-order chi connectivity index (χ1) is 8.99. The number of benzene rings is 1. The van der Waals surface area contributed by atoms with Gasteiger partial charge in [-0.2, -0.15) is 0 Å². The normalized spacial score (nSPS) is 10.3. The van der Waals surface area contributed by atoms with Crippen LogP contribution < -0.4 is 5.32 Å². The average molecular weight is 407 g/mol. The zero-order valence-corrected chi connectivity index (χ0v) is 13.5. The number of carbonyl (C=O) groups is 1. The lowest BCUT2D eigenvalue weighted by atomic mass is 10.2. The van der Waals surface area contributed by atoms with Crippen molar-refractivity contribution in [1.29, 1.82) is 0 Å². The third-order valence-electron chi connectivity index (χ3n) is 2.47. The Kier molecular flexibility index (Phi) is 4.65. The van der Waals surface area contributed by atoms with Gasteiger partial charge in [0, 0.05) is 9.77 Å². The lowest BCUT2D eigenvalue weighted by Crippen LogP contribution is -2.14. The number of hydrogen-bond donors (Lipinski definition) is 1. The van der Waals surface area contributed by atoms with Crippen LogP contribution in [0.2, 0.25) is 10.0 Å². The van der Waals surface area contributed by atoms with Crippen LogP contribution in [-0.2, 0) is 0 Å². The summed E-state index contributed by atoms with van der Waals surface area (Å²) in [5.74, 6) is 0.186. The lowest BCUT2D eigenvalue weighted by Gasteiger charge is -2.09. The molecule has 6 heteroatoms. The second-order valence-corrected chi connectivity index (χ2v) is 5.91. The third-order valence-corrected chi connectivity index (χ3v) is 3.88. The molecule has 3 nitrogen and oxygen atoms in total. The topological polar surface area (TPSA) is 42.0 Å². The maximum absolute atomic E-state index is 12.1. The summed E-state index contributed by atoms with van der Waals surface area (Å²) in [4.78, 5) is 16.3. The zero-order chi connectivity index (χ0) is 14.0. The first-order valence-corrected chi connectivity index (χ1v) is 7.20. The molecule has 0 saturated heterocycles. The van der Waals surface area contributed by atoms with E-state index in [2.05, 4.69) is 32.9 Å². The summed E-state index contributed by atoms with van der Waals surface area (Å²) in [5, 5.41) is 3.31. The van der Waals surface area contributed by atoms with Crippen LogP contribution in [0.25, 0.3) is 0 Å². The number of aryl methyl sites for hydroxylation is 1. The van der Waals surface area contributed by atoms with Gasteiger partial charge in [-0.15, -0.1) is 0 Å². The molecule has 1 N–H and O–H groups in total. The average Bonchev–Trinajstić information content (AvgIpc) is 2.36. The Bertz CT molecular complexity index is 647. The van der Waals surface area contributed by atoms with Gasteiger partial charge >= 0.3 is 0 Å². The van der Waals surface area contributed by atoms with Crippen molar-refractivity contribution in [1.82, 2.24) is 4.98 Å². The Labute approximate surface area is 134 Å². The monoisotopic (exact) mass is 406 g/mol. The minimum atomic E-state index is -0.329. The summed E-state index contributed by atoms with van der Waals surface area (Å²) >= 11 is 14.1. The van der Waals surface area contributed by atoms with Crippen LogP contribution in [0, 0.1) is 10.5 Å². The number of anilines is 1. The molecule has 1 heterocycles. The highest BCUT2D eigenvalue weighted by atomic mass is 127. The molecule has 1 amide bonds. The molecule has 1 aromatic carbocycles. The second kappa shape index (κ2) is 6.07. The van der Waals surface area contributed by atoms with E-state index in [1.807, 2.05) is 13.0 Å². The summed E-state index contributed by atoms with van der Waals surface area (Å²) in [6.07, 6.45) is 1.68.